The summed E-state index contributed by atoms with van der Waals surface area (Å²) in [7, 11) is 0. The van der Waals surface area contributed by atoms with Crippen LogP contribution in [0.3, 0.4) is 0 Å². The number of fused-ring (bicyclic) bond motifs is 1. The van der Waals surface area contributed by atoms with Crippen LogP contribution in [0.25, 0.3) is 11.2 Å². The summed E-state index contributed by atoms with van der Waals surface area (Å²) in [4.78, 5) is 16.1. The molecule has 0 saturated carbocycles. The number of rotatable bonds is 2. The van der Waals surface area contributed by atoms with Gasteiger partial charge < -0.3 is 4.98 Å². The van der Waals surface area contributed by atoms with Crippen molar-refractivity contribution in [2.75, 3.05) is 3.11 Å². The minimum absolute atomic E-state index is 0.687. The number of hydrogen-bond donors (Lipinski definition) is 1. The van der Waals surface area contributed by atoms with Crippen LogP contribution in [0.5, 0.6) is 0 Å². The molecule has 0 bridgehead atoms. The average molecular weight is 375 g/mol. The Bertz CT molecular complexity index is 818. The van der Waals surface area contributed by atoms with Gasteiger partial charge in [-0.2, -0.15) is 0 Å². The summed E-state index contributed by atoms with van der Waals surface area (Å²) >= 11 is 2.19. The van der Waals surface area contributed by atoms with Crippen molar-refractivity contribution in [1.82, 2.24) is 19.9 Å². The van der Waals surface area contributed by atoms with Crippen molar-refractivity contribution >= 4 is 45.5 Å². The number of nitrogens with one attached hydrogen (secondary N) is 1. The SMILES string of the molecule is C#Cc1cccc(N(I)c2nc(C)nc3[nH]cnc23)c1. The lowest BCUT2D eigenvalue weighted by Crippen LogP contribution is -2.06. The van der Waals surface area contributed by atoms with Crippen molar-refractivity contribution in [2.45, 2.75) is 6.92 Å². The largest absolute Gasteiger partial charge is 0.329 e. The number of imidazole rings is 1. The fourth-order valence-electron chi connectivity index (χ4n) is 1.91. The smallest absolute Gasteiger partial charge is 0.173 e. The summed E-state index contributed by atoms with van der Waals surface area (Å²) in [5.74, 6) is 4.06. The summed E-state index contributed by atoms with van der Waals surface area (Å²) in [6.45, 7) is 1.85. The van der Waals surface area contributed by atoms with Crippen LogP contribution in [-0.2, 0) is 0 Å². The van der Waals surface area contributed by atoms with Crippen LogP contribution in [0.15, 0.2) is 30.6 Å². The Labute approximate surface area is 130 Å². The molecule has 0 spiro atoms. The van der Waals surface area contributed by atoms with E-state index in [-0.39, 0.29) is 0 Å². The van der Waals surface area contributed by atoms with Crippen molar-refractivity contribution in [1.29, 1.82) is 0 Å². The molecule has 6 heteroatoms. The van der Waals surface area contributed by atoms with Crippen molar-refractivity contribution in [3.8, 4) is 12.3 Å². The van der Waals surface area contributed by atoms with Crippen LogP contribution in [-0.4, -0.2) is 19.9 Å². The molecule has 0 amide bonds. The maximum Gasteiger partial charge on any atom is 0.173 e. The van der Waals surface area contributed by atoms with Gasteiger partial charge in [-0.15, -0.1) is 6.42 Å². The zero-order valence-corrected chi connectivity index (χ0v) is 12.8. The van der Waals surface area contributed by atoms with Crippen LogP contribution in [0.1, 0.15) is 11.4 Å². The molecular weight excluding hydrogens is 365 g/mol. The number of aromatic amines is 1. The van der Waals surface area contributed by atoms with Gasteiger partial charge in [-0.25, -0.2) is 15.0 Å². The lowest BCUT2D eigenvalue weighted by Gasteiger charge is -2.16. The number of anilines is 2. The first-order chi connectivity index (χ1) is 9.69. The van der Waals surface area contributed by atoms with E-state index in [1.54, 1.807) is 6.33 Å². The summed E-state index contributed by atoms with van der Waals surface area (Å²) in [5, 5.41) is 0. The molecule has 0 fully saturated rings. The van der Waals surface area contributed by atoms with E-state index in [2.05, 4.69) is 48.7 Å². The van der Waals surface area contributed by atoms with E-state index in [0.717, 1.165) is 28.2 Å². The van der Waals surface area contributed by atoms with Gasteiger partial charge in [0.25, 0.3) is 0 Å². The molecule has 2 aromatic heterocycles. The summed E-state index contributed by atoms with van der Waals surface area (Å²) in [6.07, 6.45) is 7.06. The molecule has 0 aliphatic heterocycles. The van der Waals surface area contributed by atoms with Gasteiger partial charge in [0.1, 0.15) is 5.82 Å². The molecule has 3 aromatic rings. The van der Waals surface area contributed by atoms with Crippen molar-refractivity contribution in [3.05, 3.63) is 42.0 Å². The number of aryl methyl sites for hydroxylation is 1. The molecule has 2 heterocycles. The molecule has 98 valence electrons. The second-order valence-electron chi connectivity index (χ2n) is 4.17. The van der Waals surface area contributed by atoms with E-state index in [4.69, 9.17) is 6.42 Å². The van der Waals surface area contributed by atoms with E-state index in [1.807, 2.05) is 34.3 Å². The summed E-state index contributed by atoms with van der Waals surface area (Å²) in [6, 6.07) is 7.72. The third-order valence-corrected chi connectivity index (χ3v) is 3.81. The number of terminal acetylenes is 1. The Balaban J connectivity index is 2.14. The van der Waals surface area contributed by atoms with Gasteiger partial charge in [-0.1, -0.05) is 12.0 Å². The lowest BCUT2D eigenvalue weighted by atomic mass is 10.2. The van der Waals surface area contributed by atoms with Crippen molar-refractivity contribution in [2.24, 2.45) is 0 Å². The van der Waals surface area contributed by atoms with Crippen molar-refractivity contribution < 1.29 is 0 Å². The lowest BCUT2D eigenvalue weighted by molar-refractivity contribution is 1.07. The molecular formula is C14H10IN5. The van der Waals surface area contributed by atoms with Crippen LogP contribution in [0.2, 0.25) is 0 Å². The third kappa shape index (κ3) is 2.20. The highest BCUT2D eigenvalue weighted by Gasteiger charge is 2.15. The predicted molar refractivity (Wildman–Crippen MR) is 87.0 cm³/mol. The summed E-state index contributed by atoms with van der Waals surface area (Å²) in [5.41, 5.74) is 3.23. The Morgan fingerprint density at radius 1 is 1.35 bits per heavy atom. The Kier molecular flexibility index (Phi) is 3.28. The predicted octanol–water partition coefficient (Wildman–Crippen LogP) is 3.13. The maximum atomic E-state index is 5.44. The van der Waals surface area contributed by atoms with Gasteiger partial charge >= 0.3 is 0 Å². The first-order valence-electron chi connectivity index (χ1n) is 5.89. The van der Waals surface area contributed by atoms with Gasteiger partial charge in [0.2, 0.25) is 0 Å². The fourth-order valence-corrected chi connectivity index (χ4v) is 2.54. The molecule has 20 heavy (non-hydrogen) atoms. The molecule has 3 rings (SSSR count). The average Bonchev–Trinajstić information content (AvgIpc) is 2.93. The normalized spacial score (nSPS) is 10.4. The van der Waals surface area contributed by atoms with Gasteiger partial charge in [0.05, 0.1) is 34.9 Å². The highest BCUT2D eigenvalue weighted by atomic mass is 127. The van der Waals surface area contributed by atoms with Crippen LogP contribution in [0.4, 0.5) is 11.5 Å². The molecule has 0 saturated heterocycles. The first-order valence-corrected chi connectivity index (χ1v) is 6.86. The maximum absolute atomic E-state index is 5.44. The minimum atomic E-state index is 0.687. The summed E-state index contributed by atoms with van der Waals surface area (Å²) < 4.78 is 1.93. The molecule has 0 aliphatic carbocycles. The molecule has 0 atom stereocenters. The minimum Gasteiger partial charge on any atom is -0.329 e. The molecule has 0 aliphatic rings. The monoisotopic (exact) mass is 375 g/mol. The molecule has 1 aromatic carbocycles. The molecule has 0 radical (unpaired) electrons. The van der Waals surface area contributed by atoms with E-state index >= 15 is 0 Å². The fraction of sp³-hybridized carbons (Fsp3) is 0.0714. The van der Waals surface area contributed by atoms with Crippen LogP contribution >= 0.6 is 22.9 Å². The van der Waals surface area contributed by atoms with Crippen LogP contribution in [0, 0.1) is 19.3 Å². The Morgan fingerprint density at radius 2 is 2.20 bits per heavy atom. The third-order valence-electron chi connectivity index (χ3n) is 2.80. The zero-order chi connectivity index (χ0) is 14.1. The molecule has 0 unspecified atom stereocenters. The number of aromatic nitrogens is 4. The van der Waals surface area contributed by atoms with Gasteiger partial charge in [0, 0.05) is 5.56 Å². The number of hydrogen-bond acceptors (Lipinski definition) is 4. The van der Waals surface area contributed by atoms with E-state index in [1.165, 1.54) is 0 Å². The Hall–Kier alpha value is -2.14. The molecule has 5 nitrogen and oxygen atoms in total. The Morgan fingerprint density at radius 3 is 3.00 bits per heavy atom. The topological polar surface area (TPSA) is 57.7 Å². The molecule has 1 N–H and O–H groups in total. The van der Waals surface area contributed by atoms with Crippen LogP contribution < -0.4 is 3.11 Å². The number of benzene rings is 1. The van der Waals surface area contributed by atoms with Gasteiger partial charge in [0.15, 0.2) is 17.0 Å². The highest BCUT2D eigenvalue weighted by molar-refractivity contribution is 14.1. The van der Waals surface area contributed by atoms with Gasteiger partial charge in [-0.3, -0.25) is 3.11 Å². The second-order valence-corrected chi connectivity index (χ2v) is 5.13. The first kappa shape index (κ1) is 12.9. The number of H-pyrrole nitrogens is 1. The van der Waals surface area contributed by atoms with Crippen molar-refractivity contribution in [3.63, 3.8) is 0 Å². The second kappa shape index (κ2) is 5.09. The van der Waals surface area contributed by atoms with Gasteiger partial charge in [-0.05, 0) is 25.1 Å². The van der Waals surface area contributed by atoms with E-state index in [0.29, 0.717) is 5.82 Å². The zero-order valence-electron chi connectivity index (χ0n) is 10.6. The quantitative estimate of drug-likeness (QED) is 0.425. The van der Waals surface area contributed by atoms with E-state index in [9.17, 15) is 0 Å². The number of nitrogens with zero attached hydrogens (tertiary/aromatic N) is 4. The van der Waals surface area contributed by atoms with E-state index < -0.39 is 0 Å². The standard InChI is InChI=1S/C14H10IN5/c1-3-10-5-4-6-11(7-10)20(15)14-12-13(17-8-16-12)18-9(2)19-14/h1,4-8H,2H3,(H,16,17,18,19). The number of halogens is 1. The highest BCUT2D eigenvalue weighted by Crippen LogP contribution is 2.32.